The van der Waals surface area contributed by atoms with Gasteiger partial charge in [-0.05, 0) is 48.4 Å². The summed E-state index contributed by atoms with van der Waals surface area (Å²) in [6.07, 6.45) is 6.76. The summed E-state index contributed by atoms with van der Waals surface area (Å²) in [5, 5.41) is 0.711. The molecule has 1 fully saturated rings. The second-order valence-corrected chi connectivity index (χ2v) is 8.38. The summed E-state index contributed by atoms with van der Waals surface area (Å²) >= 11 is 2.05. The summed E-state index contributed by atoms with van der Waals surface area (Å²) in [4.78, 5) is 1.41. The fourth-order valence-electron chi connectivity index (χ4n) is 2.98. The summed E-state index contributed by atoms with van der Waals surface area (Å²) in [7, 11) is 0. The minimum atomic E-state index is 0.241. The van der Waals surface area contributed by atoms with Crippen molar-refractivity contribution in [2.75, 3.05) is 6.54 Å². The van der Waals surface area contributed by atoms with Gasteiger partial charge in [-0.2, -0.15) is 0 Å². The van der Waals surface area contributed by atoms with Crippen LogP contribution in [0.5, 0.6) is 0 Å². The third kappa shape index (κ3) is 4.26. The quantitative estimate of drug-likeness (QED) is 0.794. The van der Waals surface area contributed by atoms with Gasteiger partial charge < -0.3 is 5.73 Å². The van der Waals surface area contributed by atoms with Crippen LogP contribution in [-0.4, -0.2) is 11.8 Å². The van der Waals surface area contributed by atoms with Crippen LogP contribution in [0.4, 0.5) is 0 Å². The Morgan fingerprint density at radius 1 is 1.05 bits per heavy atom. The van der Waals surface area contributed by atoms with Crippen LogP contribution in [0.2, 0.25) is 0 Å². The second kappa shape index (κ2) is 7.00. The summed E-state index contributed by atoms with van der Waals surface area (Å²) in [5.41, 5.74) is 7.64. The molecule has 1 saturated carbocycles. The van der Waals surface area contributed by atoms with Gasteiger partial charge in [-0.3, -0.25) is 0 Å². The highest BCUT2D eigenvalue weighted by atomic mass is 32.2. The van der Waals surface area contributed by atoms with E-state index >= 15 is 0 Å². The summed E-state index contributed by atoms with van der Waals surface area (Å²) in [5.74, 6) is 0.699. The SMILES string of the molecule is CC(C)(C)c1ccc(SC2CCCCCC2CN)cc1. The molecule has 1 aliphatic carbocycles. The van der Waals surface area contributed by atoms with Gasteiger partial charge in [0, 0.05) is 10.1 Å². The lowest BCUT2D eigenvalue weighted by Gasteiger charge is -2.24. The fraction of sp³-hybridized carbons (Fsp3) is 0.667. The first-order valence-corrected chi connectivity index (χ1v) is 8.86. The van der Waals surface area contributed by atoms with E-state index in [4.69, 9.17) is 5.73 Å². The molecule has 0 amide bonds. The number of thioether (sulfide) groups is 1. The standard InChI is InChI=1S/C18H29NS/c1-18(2,3)15-9-11-16(12-10-15)20-17-8-6-4-5-7-14(17)13-19/h9-12,14,17H,4-8,13,19H2,1-3H3. The summed E-state index contributed by atoms with van der Waals surface area (Å²) < 4.78 is 0. The third-order valence-corrected chi connectivity index (χ3v) is 5.87. The highest BCUT2D eigenvalue weighted by molar-refractivity contribution is 8.00. The molecule has 20 heavy (non-hydrogen) atoms. The van der Waals surface area contributed by atoms with Gasteiger partial charge in [-0.1, -0.05) is 52.2 Å². The highest BCUT2D eigenvalue weighted by Gasteiger charge is 2.23. The molecule has 1 aromatic carbocycles. The van der Waals surface area contributed by atoms with Crippen LogP contribution in [0.25, 0.3) is 0 Å². The minimum Gasteiger partial charge on any atom is -0.330 e. The van der Waals surface area contributed by atoms with Gasteiger partial charge >= 0.3 is 0 Å². The molecule has 0 radical (unpaired) electrons. The number of benzene rings is 1. The first kappa shape index (κ1) is 15.9. The molecule has 1 nitrogen and oxygen atoms in total. The summed E-state index contributed by atoms with van der Waals surface area (Å²) in [6, 6.07) is 9.17. The third-order valence-electron chi connectivity index (χ3n) is 4.40. The molecule has 0 spiro atoms. The number of rotatable bonds is 3. The number of nitrogens with two attached hydrogens (primary N) is 1. The van der Waals surface area contributed by atoms with Crippen LogP contribution < -0.4 is 5.73 Å². The number of hydrogen-bond acceptors (Lipinski definition) is 2. The maximum absolute atomic E-state index is 5.98. The Hall–Kier alpha value is -0.470. The predicted molar refractivity (Wildman–Crippen MR) is 90.4 cm³/mol. The van der Waals surface area contributed by atoms with Gasteiger partial charge in [0.25, 0.3) is 0 Å². The number of hydrogen-bond donors (Lipinski definition) is 1. The normalized spacial score (nSPS) is 24.4. The van der Waals surface area contributed by atoms with Crippen molar-refractivity contribution in [3.63, 3.8) is 0 Å². The zero-order valence-corrected chi connectivity index (χ0v) is 14.0. The van der Waals surface area contributed by atoms with Crippen LogP contribution in [0.15, 0.2) is 29.2 Å². The molecule has 112 valence electrons. The van der Waals surface area contributed by atoms with Crippen molar-refractivity contribution >= 4 is 11.8 Å². The minimum absolute atomic E-state index is 0.241. The molecule has 0 saturated heterocycles. The molecule has 2 rings (SSSR count). The van der Waals surface area contributed by atoms with Crippen LogP contribution in [0.3, 0.4) is 0 Å². The van der Waals surface area contributed by atoms with E-state index < -0.39 is 0 Å². The van der Waals surface area contributed by atoms with Gasteiger partial charge in [-0.25, -0.2) is 0 Å². The Morgan fingerprint density at radius 2 is 1.70 bits per heavy atom. The van der Waals surface area contributed by atoms with E-state index in [2.05, 4.69) is 45.0 Å². The van der Waals surface area contributed by atoms with Crippen LogP contribution >= 0.6 is 11.8 Å². The molecule has 0 aromatic heterocycles. The molecule has 2 atom stereocenters. The summed E-state index contributed by atoms with van der Waals surface area (Å²) in [6.45, 7) is 7.65. The molecule has 2 N–H and O–H groups in total. The van der Waals surface area contributed by atoms with Crippen LogP contribution in [0, 0.1) is 5.92 Å². The Kier molecular flexibility index (Phi) is 5.57. The monoisotopic (exact) mass is 291 g/mol. The Bertz CT molecular complexity index is 404. The Morgan fingerprint density at radius 3 is 2.30 bits per heavy atom. The van der Waals surface area contributed by atoms with E-state index in [1.807, 2.05) is 11.8 Å². The molecule has 2 heteroatoms. The van der Waals surface area contributed by atoms with Gasteiger partial charge in [0.05, 0.1) is 0 Å². The molecular weight excluding hydrogens is 262 g/mol. The Labute approximate surface area is 128 Å². The lowest BCUT2D eigenvalue weighted by atomic mass is 9.87. The van der Waals surface area contributed by atoms with Gasteiger partial charge in [-0.15, -0.1) is 11.8 Å². The predicted octanol–water partition coefficient (Wildman–Crippen LogP) is 4.98. The largest absolute Gasteiger partial charge is 0.330 e. The van der Waals surface area contributed by atoms with E-state index in [-0.39, 0.29) is 5.41 Å². The fourth-order valence-corrected chi connectivity index (χ4v) is 4.35. The van der Waals surface area contributed by atoms with Crippen molar-refractivity contribution < 1.29 is 0 Å². The van der Waals surface area contributed by atoms with Crippen molar-refractivity contribution in [2.45, 2.75) is 68.4 Å². The van der Waals surface area contributed by atoms with E-state index in [0.717, 1.165) is 6.54 Å². The van der Waals surface area contributed by atoms with E-state index in [9.17, 15) is 0 Å². The zero-order valence-electron chi connectivity index (χ0n) is 13.2. The van der Waals surface area contributed by atoms with E-state index in [0.29, 0.717) is 11.2 Å². The topological polar surface area (TPSA) is 26.0 Å². The average Bonchev–Trinajstić information content (AvgIpc) is 2.63. The lowest BCUT2D eigenvalue weighted by molar-refractivity contribution is 0.483. The maximum Gasteiger partial charge on any atom is 0.0135 e. The van der Waals surface area contributed by atoms with Gasteiger partial charge in [0.2, 0.25) is 0 Å². The smallest absolute Gasteiger partial charge is 0.0135 e. The van der Waals surface area contributed by atoms with Gasteiger partial charge in [0.15, 0.2) is 0 Å². The highest BCUT2D eigenvalue weighted by Crippen LogP contribution is 2.36. The van der Waals surface area contributed by atoms with Crippen molar-refractivity contribution in [3.05, 3.63) is 29.8 Å². The van der Waals surface area contributed by atoms with Crippen molar-refractivity contribution in [1.29, 1.82) is 0 Å². The molecule has 0 heterocycles. The molecule has 1 aromatic rings. The average molecular weight is 292 g/mol. The van der Waals surface area contributed by atoms with Crippen molar-refractivity contribution in [3.8, 4) is 0 Å². The first-order valence-electron chi connectivity index (χ1n) is 7.98. The van der Waals surface area contributed by atoms with Crippen LogP contribution in [-0.2, 0) is 5.41 Å². The molecule has 0 aliphatic heterocycles. The molecule has 0 bridgehead atoms. The lowest BCUT2D eigenvalue weighted by Crippen LogP contribution is -2.24. The van der Waals surface area contributed by atoms with Crippen LogP contribution in [0.1, 0.15) is 58.4 Å². The molecule has 1 aliphatic rings. The van der Waals surface area contributed by atoms with Gasteiger partial charge in [0.1, 0.15) is 0 Å². The van der Waals surface area contributed by atoms with E-state index in [1.54, 1.807) is 0 Å². The molecule has 2 unspecified atom stereocenters. The second-order valence-electron chi connectivity index (χ2n) is 7.06. The zero-order chi connectivity index (χ0) is 14.6. The van der Waals surface area contributed by atoms with Crippen molar-refractivity contribution in [2.24, 2.45) is 11.7 Å². The van der Waals surface area contributed by atoms with Crippen molar-refractivity contribution in [1.82, 2.24) is 0 Å². The molecular formula is C18H29NS. The first-order chi connectivity index (χ1) is 9.50. The maximum atomic E-state index is 5.98. The van der Waals surface area contributed by atoms with E-state index in [1.165, 1.54) is 42.6 Å². The Balaban J connectivity index is 2.04.